The average molecular weight is 1750 g/mol. The number of carbonyl (C=O) groups excluding carboxylic acids is 11. The molecule has 1 aliphatic rings. The molecule has 0 saturated heterocycles. The number of benzene rings is 5. The van der Waals surface area contributed by atoms with Crippen molar-refractivity contribution in [3.8, 4) is 0 Å². The molecular formula is C84H101ClN24O17. The van der Waals surface area contributed by atoms with Crippen LogP contribution < -0.4 is 109 Å². The van der Waals surface area contributed by atoms with Crippen LogP contribution in [-0.4, -0.2) is 190 Å². The van der Waals surface area contributed by atoms with Gasteiger partial charge in [0.15, 0.2) is 11.9 Å². The van der Waals surface area contributed by atoms with Crippen molar-refractivity contribution in [1.82, 2.24) is 97.0 Å². The molecule has 1 saturated carbocycles. The van der Waals surface area contributed by atoms with Crippen molar-refractivity contribution in [1.29, 1.82) is 10.8 Å². The topological polar surface area (TPSA) is 627 Å². The Morgan fingerprint density at radius 1 is 0.508 bits per heavy atom. The zero-order valence-corrected chi connectivity index (χ0v) is 69.8. The van der Waals surface area contributed by atoms with Crippen LogP contribution in [-0.2, 0) is 74.1 Å². The van der Waals surface area contributed by atoms with Gasteiger partial charge in [-0.3, -0.25) is 96.6 Å². The fourth-order valence-electron chi connectivity index (χ4n) is 14.9. The number of aromatic amines is 3. The van der Waals surface area contributed by atoms with E-state index in [0.717, 1.165) is 22.1 Å². The van der Waals surface area contributed by atoms with Crippen molar-refractivity contribution in [2.45, 2.75) is 166 Å². The number of para-hydroxylation sites is 4. The van der Waals surface area contributed by atoms with Crippen molar-refractivity contribution in [3.05, 3.63) is 212 Å². The number of H-pyrrole nitrogens is 3. The SMILES string of the molecule is CC(=O)N[C@@H](CCCCNC(=O)c1c2ccccc2nc2ccccc12)C(=O)NCC(=O)N[C@@H](CCCNC(=N)N)C(=O)N(CC(=O)N[C@@H](CC1CCCCC1)C(=O)N[C@H](Cn1c(=O)[nH]c2ccccc2c1=O)C(=O)N[C@H](Cn1c(=O)[nH]c2ccccc2c1=O)C(=O)N[C@H](Cn1cc(C)c(=O)[nH]c1=O)C(=O)N[C@@H](CCCNC(=N)N)C(N)=O)Cc1cccc(Cl)c1. The third-order valence-corrected chi connectivity index (χ3v) is 21.5. The second kappa shape index (κ2) is 44.4. The molecule has 11 amide bonds. The third-order valence-electron chi connectivity index (χ3n) is 21.2. The molecule has 5 aromatic carbocycles. The fraction of sp³-hybridized carbons (Fsp3) is 0.381. The Kier molecular flexibility index (Phi) is 33.0. The summed E-state index contributed by atoms with van der Waals surface area (Å²) in [6, 6.07) is 20.0. The largest absolute Gasteiger partial charge is 0.370 e. The number of pyridine rings is 1. The maximum absolute atomic E-state index is 15.7. The number of fused-ring (bicyclic) bond motifs is 4. The van der Waals surface area contributed by atoms with E-state index in [1.165, 1.54) is 68.4 Å². The lowest BCUT2D eigenvalue weighted by molar-refractivity contribution is -0.141. The minimum atomic E-state index is -2.24. The molecule has 0 spiro atoms. The van der Waals surface area contributed by atoms with Gasteiger partial charge in [0.25, 0.3) is 22.6 Å². The van der Waals surface area contributed by atoms with Crippen LogP contribution >= 0.6 is 11.6 Å². The van der Waals surface area contributed by atoms with Crippen LogP contribution in [0.25, 0.3) is 43.6 Å². The summed E-state index contributed by atoms with van der Waals surface area (Å²) < 4.78 is 1.91. The number of amides is 11. The number of hydrogen-bond donors (Lipinski definition) is 19. The number of aryl methyl sites for hydroxylation is 1. The van der Waals surface area contributed by atoms with Crippen molar-refractivity contribution < 1.29 is 52.7 Å². The van der Waals surface area contributed by atoms with E-state index in [2.05, 4.69) is 73.4 Å². The highest BCUT2D eigenvalue weighted by molar-refractivity contribution is 6.30. The number of rotatable bonds is 42. The van der Waals surface area contributed by atoms with Crippen LogP contribution in [0.5, 0.6) is 0 Å². The molecule has 126 heavy (non-hydrogen) atoms. The van der Waals surface area contributed by atoms with Crippen LogP contribution in [0, 0.1) is 23.7 Å². The molecule has 41 nitrogen and oxygen atoms in total. The summed E-state index contributed by atoms with van der Waals surface area (Å²) in [4.78, 5) is 256. The fourth-order valence-corrected chi connectivity index (χ4v) is 15.1. The van der Waals surface area contributed by atoms with Crippen LogP contribution in [0.1, 0.15) is 112 Å². The summed E-state index contributed by atoms with van der Waals surface area (Å²) in [5, 5.41) is 45.1. The monoisotopic (exact) mass is 1750 g/mol. The van der Waals surface area contributed by atoms with Crippen LogP contribution in [0.3, 0.4) is 0 Å². The molecule has 0 radical (unpaired) electrons. The molecule has 9 aromatic rings. The van der Waals surface area contributed by atoms with Crippen molar-refractivity contribution in [3.63, 3.8) is 0 Å². The van der Waals surface area contributed by atoms with Gasteiger partial charge in [-0.1, -0.05) is 117 Å². The predicted octanol–water partition coefficient (Wildman–Crippen LogP) is -1.25. The highest BCUT2D eigenvalue weighted by atomic mass is 35.5. The standard InChI is InChI=1S/C84H101ClN24O17/c1-46-40-107(82(124)105-70(46)114)42-63(73(117)99-59(69(86)113)32-17-35-92-80(87)88)100-74(118)65(44-109-78(122)54-26-9-13-30-58(54)104-84(109)126)102-75(119)64(43-108-77(121)53-25-8-12-29-57(53)103-83(108)125)101-72(116)62(38-48-19-4-3-5-20-48)98-67(112)45-106(41-49-21-16-22-50(85)37-49)79(123)61(33-18-36-93-81(89)90)97-66(111)39-94-71(115)60(95-47(2)110)31-14-15-34-91-76(120)68-51-23-6-10-27-55(51)96-56-28-11-7-24-52(56)68/h6-13,16,21-30,37,40,48,59-65H,3-5,14-15,17-20,31-36,38-39,41-45H2,1-2H3,(H2,86,113)(H,91,120)(H,94,115)(H,95,110)(H,97,111)(H,98,112)(H,99,117)(H,100,118)(H,101,116)(H,102,119)(H,103,125)(H,104,126)(H4,87,88,92)(H4,89,90,93)(H,105,114,124)/t59-,60-,61-,62-,63+,64+,65+/m0/s1. The van der Waals surface area contributed by atoms with E-state index >= 15 is 24.0 Å². The number of aromatic nitrogens is 7. The highest BCUT2D eigenvalue weighted by Crippen LogP contribution is 2.29. The van der Waals surface area contributed by atoms with Gasteiger partial charge in [0.2, 0.25) is 59.1 Å². The van der Waals surface area contributed by atoms with Gasteiger partial charge in [0, 0.05) is 60.7 Å². The molecule has 0 unspecified atom stereocenters. The summed E-state index contributed by atoms with van der Waals surface area (Å²) in [5.74, 6) is -11.9. The van der Waals surface area contributed by atoms with Crippen molar-refractivity contribution in [2.24, 2.45) is 23.1 Å². The minimum Gasteiger partial charge on any atom is -0.370 e. The number of carbonyl (C=O) groups is 11. The van der Waals surface area contributed by atoms with Gasteiger partial charge in [-0.25, -0.2) is 19.4 Å². The van der Waals surface area contributed by atoms with Gasteiger partial charge in [0.1, 0.15) is 42.3 Å². The number of nitrogens with one attached hydrogen (secondary N) is 16. The number of halogens is 1. The molecule has 10 rings (SSSR count). The van der Waals surface area contributed by atoms with E-state index < -0.39 is 180 Å². The first-order chi connectivity index (χ1) is 60.3. The van der Waals surface area contributed by atoms with E-state index in [1.54, 1.807) is 18.2 Å². The van der Waals surface area contributed by atoms with Crippen LogP contribution in [0.4, 0.5) is 0 Å². The lowest BCUT2D eigenvalue weighted by atomic mass is 9.84. The molecule has 0 aliphatic heterocycles. The number of nitrogens with zero attached hydrogens (tertiary/aromatic N) is 5. The summed E-state index contributed by atoms with van der Waals surface area (Å²) in [6.45, 7) is -2.25. The normalized spacial score (nSPS) is 13.7. The molecule has 0 bridgehead atoms. The Labute approximate surface area is 722 Å². The molecule has 7 atom stereocenters. The average Bonchev–Trinajstić information content (AvgIpc) is 0.969. The maximum atomic E-state index is 15.7. The summed E-state index contributed by atoms with van der Waals surface area (Å²) in [7, 11) is 0. The summed E-state index contributed by atoms with van der Waals surface area (Å²) in [6.07, 6.45) is 4.69. The molecule has 1 fully saturated rings. The van der Waals surface area contributed by atoms with Crippen molar-refractivity contribution in [2.75, 3.05) is 32.7 Å². The molecule has 666 valence electrons. The van der Waals surface area contributed by atoms with Gasteiger partial charge in [-0.2, -0.15) is 0 Å². The first-order valence-corrected chi connectivity index (χ1v) is 41.3. The van der Waals surface area contributed by atoms with Gasteiger partial charge in [0.05, 0.1) is 71.1 Å². The zero-order chi connectivity index (χ0) is 90.8. The Morgan fingerprint density at radius 2 is 1.00 bits per heavy atom. The van der Waals surface area contributed by atoms with Gasteiger partial charge >= 0.3 is 17.1 Å². The first kappa shape index (κ1) is 93.6. The Morgan fingerprint density at radius 3 is 1.54 bits per heavy atom. The molecule has 1 aliphatic carbocycles. The molecule has 42 heteroatoms. The van der Waals surface area contributed by atoms with E-state index in [4.69, 9.17) is 44.6 Å². The maximum Gasteiger partial charge on any atom is 0.328 e. The molecule has 4 heterocycles. The predicted molar refractivity (Wildman–Crippen MR) is 467 cm³/mol. The summed E-state index contributed by atoms with van der Waals surface area (Å²) in [5.41, 5.74) is 12.7. The molecule has 4 aromatic heterocycles. The first-order valence-electron chi connectivity index (χ1n) is 40.9. The number of primary amides is 1. The number of hydrogen-bond acceptors (Lipinski definition) is 20. The Bertz CT molecular complexity index is 5940. The lowest BCUT2D eigenvalue weighted by Gasteiger charge is -2.31. The van der Waals surface area contributed by atoms with E-state index in [-0.39, 0.29) is 109 Å². The van der Waals surface area contributed by atoms with Crippen LogP contribution in [0.15, 0.2) is 156 Å². The quantitative estimate of drug-likeness (QED) is 0.00920. The van der Waals surface area contributed by atoms with Gasteiger partial charge in [-0.15, -0.1) is 0 Å². The Hall–Kier alpha value is -14.7. The minimum absolute atomic E-state index is 0.00560. The summed E-state index contributed by atoms with van der Waals surface area (Å²) >= 11 is 6.49. The van der Waals surface area contributed by atoms with E-state index in [1.807, 2.05) is 48.5 Å². The highest BCUT2D eigenvalue weighted by Gasteiger charge is 2.37. The number of unbranched alkanes of at least 4 members (excludes halogenated alkanes) is 1. The third kappa shape index (κ3) is 26.0. The van der Waals surface area contributed by atoms with Crippen LogP contribution in [0.2, 0.25) is 5.02 Å². The van der Waals surface area contributed by atoms with E-state index in [9.17, 15) is 57.5 Å². The van der Waals surface area contributed by atoms with Gasteiger partial charge in [-0.05, 0) is 118 Å². The van der Waals surface area contributed by atoms with E-state index in [0.29, 0.717) is 80.6 Å². The smallest absolute Gasteiger partial charge is 0.328 e. The van der Waals surface area contributed by atoms with Gasteiger partial charge < -0.3 is 90.6 Å². The number of guanidine groups is 2. The second-order valence-electron chi connectivity index (χ2n) is 30.7. The number of nitrogens with two attached hydrogens (primary N) is 3. The molecular weight excluding hydrogens is 1650 g/mol. The lowest BCUT2D eigenvalue weighted by Crippen LogP contribution is -2.62. The zero-order valence-electron chi connectivity index (χ0n) is 69.1. The van der Waals surface area contributed by atoms with Crippen molar-refractivity contribution >= 4 is 132 Å². The Balaban J connectivity index is 0.928. The second-order valence-corrected chi connectivity index (χ2v) is 31.1. The molecule has 22 N–H and O–H groups in total.